The summed E-state index contributed by atoms with van der Waals surface area (Å²) in [7, 11) is 0. The summed E-state index contributed by atoms with van der Waals surface area (Å²) in [5, 5.41) is 3.53. The second-order valence-corrected chi connectivity index (χ2v) is 4.24. The van der Waals surface area contributed by atoms with Crippen molar-refractivity contribution in [1.29, 1.82) is 0 Å². The summed E-state index contributed by atoms with van der Waals surface area (Å²) in [6, 6.07) is 0.923. The molecule has 68 valence electrons. The third-order valence-electron chi connectivity index (χ3n) is 3.19. The number of ketones is 1. The van der Waals surface area contributed by atoms with Crippen LogP contribution in [0.4, 0.5) is 0 Å². The van der Waals surface area contributed by atoms with Crippen LogP contribution in [0.25, 0.3) is 0 Å². The molecule has 1 heterocycles. The SMILES string of the molecule is C[C@@H]1CC(=O)[C@H]2CCCC[C@H]2N1. The van der Waals surface area contributed by atoms with Gasteiger partial charge in [0.2, 0.25) is 0 Å². The van der Waals surface area contributed by atoms with E-state index in [0.29, 0.717) is 23.8 Å². The standard InChI is InChI=1S/C10H17NO/c1-7-6-10(12)8-4-2-3-5-9(8)11-7/h7-9,11H,2-6H2,1H3/t7-,8+,9-/m1/s1. The Morgan fingerprint density at radius 2 is 2.08 bits per heavy atom. The lowest BCUT2D eigenvalue weighted by Crippen LogP contribution is -2.52. The van der Waals surface area contributed by atoms with Gasteiger partial charge in [0.05, 0.1) is 0 Å². The van der Waals surface area contributed by atoms with E-state index in [9.17, 15) is 4.79 Å². The molecule has 3 atom stereocenters. The van der Waals surface area contributed by atoms with Gasteiger partial charge < -0.3 is 5.32 Å². The predicted molar refractivity (Wildman–Crippen MR) is 48.0 cm³/mol. The fourth-order valence-corrected chi connectivity index (χ4v) is 2.59. The summed E-state index contributed by atoms with van der Waals surface area (Å²) in [4.78, 5) is 11.6. The maximum absolute atomic E-state index is 11.6. The van der Waals surface area contributed by atoms with Crippen LogP contribution in [0.2, 0.25) is 0 Å². The van der Waals surface area contributed by atoms with Crippen LogP contribution in [-0.4, -0.2) is 17.9 Å². The van der Waals surface area contributed by atoms with Gasteiger partial charge in [0, 0.05) is 24.4 Å². The molecule has 0 amide bonds. The number of fused-ring (bicyclic) bond motifs is 1. The molecule has 0 aromatic rings. The van der Waals surface area contributed by atoms with E-state index in [4.69, 9.17) is 0 Å². The molecule has 1 saturated carbocycles. The number of hydrogen-bond donors (Lipinski definition) is 1. The number of rotatable bonds is 0. The zero-order chi connectivity index (χ0) is 8.55. The number of nitrogens with one attached hydrogen (secondary N) is 1. The molecule has 0 bridgehead atoms. The minimum absolute atomic E-state index is 0.356. The third kappa shape index (κ3) is 1.40. The van der Waals surface area contributed by atoms with Crippen LogP contribution in [0.15, 0.2) is 0 Å². The molecule has 1 saturated heterocycles. The highest BCUT2D eigenvalue weighted by Crippen LogP contribution is 2.29. The van der Waals surface area contributed by atoms with Crippen LogP contribution < -0.4 is 5.32 Å². The van der Waals surface area contributed by atoms with Crippen molar-refractivity contribution in [1.82, 2.24) is 5.32 Å². The highest BCUT2D eigenvalue weighted by Gasteiger charge is 2.35. The van der Waals surface area contributed by atoms with Gasteiger partial charge >= 0.3 is 0 Å². The lowest BCUT2D eigenvalue weighted by atomic mass is 9.77. The maximum Gasteiger partial charge on any atom is 0.139 e. The van der Waals surface area contributed by atoms with Crippen molar-refractivity contribution < 1.29 is 4.79 Å². The van der Waals surface area contributed by atoms with Crippen LogP contribution in [0.3, 0.4) is 0 Å². The maximum atomic E-state index is 11.6. The molecule has 2 rings (SSSR count). The van der Waals surface area contributed by atoms with Crippen LogP contribution >= 0.6 is 0 Å². The second-order valence-electron chi connectivity index (χ2n) is 4.24. The summed E-state index contributed by atoms with van der Waals surface area (Å²) >= 11 is 0. The molecule has 2 fully saturated rings. The van der Waals surface area contributed by atoms with Crippen molar-refractivity contribution in [2.45, 2.75) is 51.1 Å². The van der Waals surface area contributed by atoms with Crippen molar-refractivity contribution >= 4 is 5.78 Å². The second kappa shape index (κ2) is 3.17. The van der Waals surface area contributed by atoms with E-state index in [-0.39, 0.29) is 0 Å². The highest BCUT2D eigenvalue weighted by molar-refractivity contribution is 5.83. The van der Waals surface area contributed by atoms with E-state index < -0.39 is 0 Å². The summed E-state index contributed by atoms with van der Waals surface area (Å²) in [5.74, 6) is 0.862. The van der Waals surface area contributed by atoms with Crippen molar-refractivity contribution in [3.63, 3.8) is 0 Å². The first kappa shape index (κ1) is 8.24. The molecule has 1 aliphatic heterocycles. The summed E-state index contributed by atoms with van der Waals surface area (Å²) in [5.41, 5.74) is 0. The number of piperidine rings is 1. The van der Waals surface area contributed by atoms with Crippen LogP contribution in [0, 0.1) is 5.92 Å². The summed E-state index contributed by atoms with van der Waals surface area (Å²) in [6.07, 6.45) is 5.64. The van der Waals surface area contributed by atoms with Crippen LogP contribution in [0.5, 0.6) is 0 Å². The molecule has 0 spiro atoms. The van der Waals surface area contributed by atoms with E-state index in [0.717, 1.165) is 12.8 Å². The van der Waals surface area contributed by atoms with Gasteiger partial charge in [0.1, 0.15) is 5.78 Å². The van der Waals surface area contributed by atoms with Crippen molar-refractivity contribution in [3.8, 4) is 0 Å². The first-order chi connectivity index (χ1) is 5.77. The number of carbonyl (C=O) groups is 1. The van der Waals surface area contributed by atoms with Gasteiger partial charge in [0.25, 0.3) is 0 Å². The van der Waals surface area contributed by atoms with Gasteiger partial charge in [0.15, 0.2) is 0 Å². The van der Waals surface area contributed by atoms with E-state index in [1.54, 1.807) is 0 Å². The Morgan fingerprint density at radius 3 is 2.92 bits per heavy atom. The first-order valence-electron chi connectivity index (χ1n) is 5.06. The van der Waals surface area contributed by atoms with E-state index >= 15 is 0 Å². The molecular weight excluding hydrogens is 150 g/mol. The van der Waals surface area contributed by atoms with Crippen molar-refractivity contribution in [2.24, 2.45) is 5.92 Å². The van der Waals surface area contributed by atoms with Crippen LogP contribution in [0.1, 0.15) is 39.0 Å². The monoisotopic (exact) mass is 167 g/mol. The number of hydrogen-bond acceptors (Lipinski definition) is 2. The molecule has 0 aromatic heterocycles. The smallest absolute Gasteiger partial charge is 0.139 e. The lowest BCUT2D eigenvalue weighted by molar-refractivity contribution is -0.127. The highest BCUT2D eigenvalue weighted by atomic mass is 16.1. The minimum Gasteiger partial charge on any atom is -0.310 e. The van der Waals surface area contributed by atoms with Crippen molar-refractivity contribution in [2.75, 3.05) is 0 Å². The fraction of sp³-hybridized carbons (Fsp3) is 0.900. The molecule has 2 nitrogen and oxygen atoms in total. The van der Waals surface area contributed by atoms with Crippen molar-refractivity contribution in [3.05, 3.63) is 0 Å². The minimum atomic E-state index is 0.356. The molecule has 2 heteroatoms. The topological polar surface area (TPSA) is 29.1 Å². The third-order valence-corrected chi connectivity index (χ3v) is 3.19. The molecular formula is C10H17NO. The predicted octanol–water partition coefficient (Wildman–Crippen LogP) is 1.50. The molecule has 0 aromatic carbocycles. The van der Waals surface area contributed by atoms with Gasteiger partial charge in [-0.05, 0) is 19.8 Å². The van der Waals surface area contributed by atoms with E-state index in [2.05, 4.69) is 12.2 Å². The molecule has 2 aliphatic rings. The normalized spacial score (nSPS) is 42.4. The molecule has 1 N–H and O–H groups in total. The Bertz CT molecular complexity index is 190. The van der Waals surface area contributed by atoms with E-state index in [1.165, 1.54) is 19.3 Å². The quantitative estimate of drug-likeness (QED) is 0.592. The Balaban J connectivity index is 2.06. The average molecular weight is 167 g/mol. The zero-order valence-electron chi connectivity index (χ0n) is 7.68. The lowest BCUT2D eigenvalue weighted by Gasteiger charge is -2.38. The Kier molecular flexibility index (Phi) is 2.18. The molecule has 12 heavy (non-hydrogen) atoms. The Hall–Kier alpha value is -0.370. The zero-order valence-corrected chi connectivity index (χ0v) is 7.68. The average Bonchev–Trinajstić information content (AvgIpc) is 2.04. The van der Waals surface area contributed by atoms with Gasteiger partial charge in [-0.15, -0.1) is 0 Å². The Labute approximate surface area is 73.7 Å². The Morgan fingerprint density at radius 1 is 1.33 bits per heavy atom. The largest absolute Gasteiger partial charge is 0.310 e. The van der Waals surface area contributed by atoms with Gasteiger partial charge in [-0.1, -0.05) is 12.8 Å². The number of Topliss-reactive ketones (excluding diaryl/α,β-unsaturated/α-hetero) is 1. The van der Waals surface area contributed by atoms with Crippen LogP contribution in [-0.2, 0) is 4.79 Å². The summed E-state index contributed by atoms with van der Waals surface area (Å²) in [6.45, 7) is 2.11. The number of carbonyl (C=O) groups excluding carboxylic acids is 1. The molecule has 0 unspecified atom stereocenters. The summed E-state index contributed by atoms with van der Waals surface area (Å²) < 4.78 is 0. The first-order valence-corrected chi connectivity index (χ1v) is 5.06. The van der Waals surface area contributed by atoms with E-state index in [1.807, 2.05) is 0 Å². The van der Waals surface area contributed by atoms with Gasteiger partial charge in [-0.2, -0.15) is 0 Å². The molecule has 0 radical (unpaired) electrons. The van der Waals surface area contributed by atoms with Gasteiger partial charge in [-0.3, -0.25) is 4.79 Å². The fourth-order valence-electron chi connectivity index (χ4n) is 2.59. The molecule has 1 aliphatic carbocycles. The van der Waals surface area contributed by atoms with Gasteiger partial charge in [-0.25, -0.2) is 0 Å².